The molecular weight excluding hydrogens is 805 g/mol. The normalized spacial score (nSPS) is 24.5. The molecule has 6 unspecified atom stereocenters. The Morgan fingerprint density at radius 3 is 2.10 bits per heavy atom. The van der Waals surface area contributed by atoms with Crippen molar-refractivity contribution in [1.82, 2.24) is 5.01 Å². The first-order chi connectivity index (χ1) is 28.8. The molecule has 2 aliphatic carbocycles. The van der Waals surface area contributed by atoms with Crippen molar-refractivity contribution in [3.05, 3.63) is 133 Å². The van der Waals surface area contributed by atoms with Crippen molar-refractivity contribution in [2.45, 2.75) is 37.5 Å². The number of phenolic OH excluding ortho intramolecular Hbond substituents is 1. The number of benzene rings is 4. The lowest BCUT2D eigenvalue weighted by molar-refractivity contribution is -0.392. The number of carbonyl (C=O) groups excluding carboxylic acids is 4. The summed E-state index contributed by atoms with van der Waals surface area (Å²) in [7, 11) is 2.71. The average Bonchev–Trinajstić information content (AvgIpc) is 3.59. The fraction of sp³-hybridized carbons (Fsp3) is 0.286. The van der Waals surface area contributed by atoms with Crippen molar-refractivity contribution >= 4 is 52.1 Å². The van der Waals surface area contributed by atoms with E-state index in [4.69, 9.17) is 0 Å². The molecule has 0 aromatic heterocycles. The Bertz CT molecular complexity index is 2550. The molecule has 2 aliphatic heterocycles. The zero-order valence-corrected chi connectivity index (χ0v) is 32.5. The second-order valence-electron chi connectivity index (χ2n) is 15.6. The van der Waals surface area contributed by atoms with Crippen LogP contribution in [0.25, 0.3) is 0 Å². The van der Waals surface area contributed by atoms with E-state index in [1.807, 2.05) is 6.92 Å². The van der Waals surface area contributed by atoms with Crippen molar-refractivity contribution in [2.24, 2.45) is 23.7 Å². The number of fused-ring (bicyclic) bond motifs is 4. The highest BCUT2D eigenvalue weighted by Gasteiger charge is 2.71. The molecule has 4 aromatic rings. The Balaban J connectivity index is 1.33. The average molecular weight is 841 g/mol. The largest absolute Gasteiger partial charge is 0.573 e. The molecule has 0 radical (unpaired) electrons. The molecule has 4 amide bonds. The summed E-state index contributed by atoms with van der Waals surface area (Å²) in [4.78, 5) is 83.9. The number of halogens is 3. The van der Waals surface area contributed by atoms with Crippen molar-refractivity contribution in [1.29, 1.82) is 0 Å². The number of hydrogen-bond donors (Lipinski definition) is 2. The fourth-order valence-electron chi connectivity index (χ4n) is 9.76. The van der Waals surface area contributed by atoms with Crippen molar-refractivity contribution in [2.75, 3.05) is 29.3 Å². The van der Waals surface area contributed by atoms with E-state index in [-0.39, 0.29) is 35.2 Å². The van der Waals surface area contributed by atoms with Gasteiger partial charge in [-0.25, -0.2) is 4.90 Å². The molecule has 19 heteroatoms. The number of allylic oxidation sites excluding steroid dienone is 2. The van der Waals surface area contributed by atoms with Crippen LogP contribution in [0.15, 0.2) is 96.6 Å². The van der Waals surface area contributed by atoms with Gasteiger partial charge in [-0.05, 0) is 61.6 Å². The lowest BCUT2D eigenvalue weighted by Gasteiger charge is -2.50. The van der Waals surface area contributed by atoms with Crippen LogP contribution in [-0.2, 0) is 24.6 Å². The minimum absolute atomic E-state index is 0.184. The summed E-state index contributed by atoms with van der Waals surface area (Å²) in [6.45, 7) is 1.84. The van der Waals surface area contributed by atoms with E-state index >= 15 is 4.79 Å². The molecule has 4 aromatic carbocycles. The summed E-state index contributed by atoms with van der Waals surface area (Å²) < 4.78 is 45.3. The molecule has 0 spiro atoms. The number of hydrogen-bond acceptors (Lipinski definition) is 12. The number of aryl methyl sites for hydroxylation is 1. The van der Waals surface area contributed by atoms with E-state index in [1.165, 1.54) is 14.1 Å². The third kappa shape index (κ3) is 6.38. The number of nitro benzene ring substituents is 2. The van der Waals surface area contributed by atoms with Gasteiger partial charge in [0.15, 0.2) is 5.69 Å². The van der Waals surface area contributed by atoms with Crippen LogP contribution >= 0.6 is 0 Å². The van der Waals surface area contributed by atoms with E-state index in [2.05, 4.69) is 10.2 Å². The first-order valence-electron chi connectivity index (χ1n) is 18.9. The highest BCUT2D eigenvalue weighted by atomic mass is 19.4. The fourth-order valence-corrected chi connectivity index (χ4v) is 9.76. The van der Waals surface area contributed by atoms with Gasteiger partial charge in [-0.2, -0.15) is 5.01 Å². The predicted molar refractivity (Wildman–Crippen MR) is 210 cm³/mol. The standard InChI is InChI=1S/C42H35F3N6O10/c1-21-9-11-23(12-10-21)46-49-38(54)30-20-28-26(35(41(30,40(49)56)22-7-5-4-6-8-22)29-19-25(13-16-33(29)52)61-42(43,44)45)14-15-27-34(28)39(55)48(37(27)53)24-17-31(50(57)58)36(47(2)3)32(18-24)51(59)60/h4-14,16-19,27-28,30,34-35,46,52H,15,20H2,1-3H3. The second-order valence-corrected chi connectivity index (χ2v) is 15.6. The number of ether oxygens (including phenoxy) is 1. The molecule has 2 saturated heterocycles. The Labute approximate surface area is 344 Å². The van der Waals surface area contributed by atoms with Crippen LogP contribution in [0.1, 0.15) is 35.4 Å². The molecule has 16 nitrogen and oxygen atoms in total. The van der Waals surface area contributed by atoms with Crippen LogP contribution in [0.5, 0.6) is 11.5 Å². The van der Waals surface area contributed by atoms with E-state index in [9.17, 15) is 52.9 Å². The minimum Gasteiger partial charge on any atom is -0.508 e. The summed E-state index contributed by atoms with van der Waals surface area (Å²) in [6.07, 6.45) is -4.02. The SMILES string of the molecule is Cc1ccc(NN2C(=O)C3CC4C(=CCC5C(=O)N(c6cc([N+](=O)[O-])c(N(C)C)c([N+](=O)[O-])c6)C(=O)C54)C(c4cc(OC(F)(F)F)ccc4O)C3(c3ccccc3)C2=O)cc1. The number of nitrogens with zero attached hydrogens (tertiary/aromatic N) is 5. The molecule has 3 fully saturated rings. The van der Waals surface area contributed by atoms with Crippen LogP contribution in [0.3, 0.4) is 0 Å². The number of amides is 4. The number of rotatable bonds is 9. The number of anilines is 3. The summed E-state index contributed by atoms with van der Waals surface area (Å²) in [5, 5.41) is 36.9. The number of hydrazine groups is 1. The number of aromatic hydroxyl groups is 1. The second kappa shape index (κ2) is 14.5. The molecule has 8 rings (SSSR count). The van der Waals surface area contributed by atoms with E-state index in [1.54, 1.807) is 60.7 Å². The molecule has 4 aliphatic rings. The quantitative estimate of drug-likeness (QED) is 0.0785. The van der Waals surface area contributed by atoms with Gasteiger partial charge in [-0.15, -0.1) is 13.2 Å². The van der Waals surface area contributed by atoms with Gasteiger partial charge in [0, 0.05) is 37.7 Å². The molecular formula is C42H35F3N6O10. The number of imide groups is 2. The Morgan fingerprint density at radius 2 is 1.51 bits per heavy atom. The van der Waals surface area contributed by atoms with Gasteiger partial charge in [-0.1, -0.05) is 59.7 Å². The third-order valence-electron chi connectivity index (χ3n) is 12.1. The molecule has 61 heavy (non-hydrogen) atoms. The van der Waals surface area contributed by atoms with Crippen molar-refractivity contribution in [3.8, 4) is 11.5 Å². The molecule has 6 atom stereocenters. The molecule has 0 bridgehead atoms. The Morgan fingerprint density at radius 1 is 0.869 bits per heavy atom. The lowest BCUT2D eigenvalue weighted by atomic mass is 9.49. The summed E-state index contributed by atoms with van der Waals surface area (Å²) in [5.41, 5.74) is 0.156. The van der Waals surface area contributed by atoms with Crippen molar-refractivity contribution in [3.63, 3.8) is 0 Å². The van der Waals surface area contributed by atoms with E-state index in [0.717, 1.165) is 45.8 Å². The zero-order chi connectivity index (χ0) is 43.9. The van der Waals surface area contributed by atoms with Gasteiger partial charge in [0.25, 0.3) is 11.8 Å². The summed E-state index contributed by atoms with van der Waals surface area (Å²) in [5.74, 6) is -11.0. The number of nitro groups is 2. The highest BCUT2D eigenvalue weighted by molar-refractivity contribution is 6.23. The molecule has 2 heterocycles. The van der Waals surface area contributed by atoms with Crippen molar-refractivity contribution < 1.29 is 52.0 Å². The van der Waals surface area contributed by atoms with Gasteiger partial charge in [0.1, 0.15) is 11.5 Å². The Kier molecular flexibility index (Phi) is 9.59. The van der Waals surface area contributed by atoms with Crippen LogP contribution < -0.4 is 20.0 Å². The van der Waals surface area contributed by atoms with Crippen LogP contribution in [0.2, 0.25) is 0 Å². The maximum Gasteiger partial charge on any atom is 0.573 e. The third-order valence-corrected chi connectivity index (χ3v) is 12.1. The van der Waals surface area contributed by atoms with Gasteiger partial charge in [-0.3, -0.25) is 44.8 Å². The molecule has 2 N–H and O–H groups in total. The van der Waals surface area contributed by atoms with Gasteiger partial charge in [0.2, 0.25) is 11.8 Å². The predicted octanol–water partition coefficient (Wildman–Crippen LogP) is 6.67. The number of carbonyl (C=O) groups is 4. The van der Waals surface area contributed by atoms with Gasteiger partial charge in [0.05, 0.1) is 44.4 Å². The monoisotopic (exact) mass is 840 g/mol. The van der Waals surface area contributed by atoms with Crippen LogP contribution in [-0.4, -0.2) is 64.0 Å². The zero-order valence-electron chi connectivity index (χ0n) is 32.5. The van der Waals surface area contributed by atoms with Crippen LogP contribution in [0.4, 0.5) is 41.6 Å². The molecule has 1 saturated carbocycles. The lowest BCUT2D eigenvalue weighted by Crippen LogP contribution is -2.53. The topological polar surface area (TPSA) is 206 Å². The highest BCUT2D eigenvalue weighted by Crippen LogP contribution is 2.65. The maximum absolute atomic E-state index is 15.3. The number of phenols is 1. The summed E-state index contributed by atoms with van der Waals surface area (Å²) in [6, 6.07) is 19.4. The smallest absolute Gasteiger partial charge is 0.508 e. The van der Waals surface area contributed by atoms with E-state index < -0.39 is 103 Å². The first-order valence-corrected chi connectivity index (χ1v) is 18.9. The maximum atomic E-state index is 15.3. The van der Waals surface area contributed by atoms with Crippen LogP contribution in [0, 0.1) is 50.8 Å². The van der Waals surface area contributed by atoms with E-state index in [0.29, 0.717) is 10.6 Å². The molecule has 314 valence electrons. The minimum atomic E-state index is -5.16. The van der Waals surface area contributed by atoms with Gasteiger partial charge >= 0.3 is 17.7 Å². The summed E-state index contributed by atoms with van der Waals surface area (Å²) >= 11 is 0. The first kappa shape index (κ1) is 40.5. The number of alkyl halides is 3. The Hall–Kier alpha value is -7.31. The number of nitrogens with one attached hydrogen (secondary N) is 1. The van der Waals surface area contributed by atoms with Gasteiger partial charge < -0.3 is 14.7 Å².